The van der Waals surface area contributed by atoms with Crippen LogP contribution in [0.4, 0.5) is 9.93 Å². The van der Waals surface area contributed by atoms with Crippen molar-refractivity contribution in [3.63, 3.8) is 0 Å². The molecule has 36 heavy (non-hydrogen) atoms. The van der Waals surface area contributed by atoms with Gasteiger partial charge in [0.25, 0.3) is 0 Å². The van der Waals surface area contributed by atoms with E-state index in [0.29, 0.717) is 6.29 Å². The van der Waals surface area contributed by atoms with Crippen LogP contribution in [0.15, 0.2) is 83.5 Å². The Hall–Kier alpha value is -4.31. The van der Waals surface area contributed by atoms with Crippen molar-refractivity contribution in [2.45, 2.75) is 32.5 Å². The van der Waals surface area contributed by atoms with E-state index >= 15 is 0 Å². The number of thiazole rings is 1. The van der Waals surface area contributed by atoms with Crippen LogP contribution in [0.2, 0.25) is 0 Å². The SMILES string of the molecule is C=C(O/N=C(\C=O)c1csc(NC(=O)OC(C)(C)C)n1)C(=O)OC(c1ccccc1)c1ccccc1. The largest absolute Gasteiger partial charge is 0.447 e. The number of ether oxygens (including phenoxy) is 2. The Morgan fingerprint density at radius 3 is 2.17 bits per heavy atom. The van der Waals surface area contributed by atoms with Crippen LogP contribution in [0.25, 0.3) is 0 Å². The predicted molar refractivity (Wildman–Crippen MR) is 136 cm³/mol. The Kier molecular flexibility index (Phi) is 8.69. The highest BCUT2D eigenvalue weighted by Gasteiger charge is 2.22. The molecule has 0 saturated carbocycles. The molecule has 10 heteroatoms. The molecule has 0 radical (unpaired) electrons. The van der Waals surface area contributed by atoms with Gasteiger partial charge in [-0.2, -0.15) is 0 Å². The third-order valence-corrected chi connectivity index (χ3v) is 5.16. The van der Waals surface area contributed by atoms with Gasteiger partial charge >= 0.3 is 12.1 Å². The van der Waals surface area contributed by atoms with E-state index in [1.165, 1.54) is 5.38 Å². The molecule has 0 bridgehead atoms. The Bertz CT molecular complexity index is 1210. The van der Waals surface area contributed by atoms with E-state index in [9.17, 15) is 14.4 Å². The van der Waals surface area contributed by atoms with Crippen LogP contribution in [0, 0.1) is 0 Å². The van der Waals surface area contributed by atoms with Crippen molar-refractivity contribution in [3.05, 3.63) is 95.2 Å². The highest BCUT2D eigenvalue weighted by molar-refractivity contribution is 7.14. The number of oxime groups is 1. The highest BCUT2D eigenvalue weighted by atomic mass is 32.1. The molecular formula is C26H25N3O6S. The highest BCUT2D eigenvalue weighted by Crippen LogP contribution is 2.27. The van der Waals surface area contributed by atoms with Crippen molar-refractivity contribution < 1.29 is 28.7 Å². The van der Waals surface area contributed by atoms with Gasteiger partial charge in [0.2, 0.25) is 5.76 Å². The predicted octanol–water partition coefficient (Wildman–Crippen LogP) is 5.26. The second kappa shape index (κ2) is 11.9. The maximum Gasteiger partial charge on any atom is 0.413 e. The van der Waals surface area contributed by atoms with Crippen LogP contribution in [0.5, 0.6) is 0 Å². The molecule has 0 aliphatic rings. The molecule has 0 aliphatic carbocycles. The number of anilines is 1. The normalized spacial score (nSPS) is 11.5. The topological polar surface area (TPSA) is 116 Å². The minimum Gasteiger partial charge on any atom is -0.447 e. The van der Waals surface area contributed by atoms with Crippen molar-refractivity contribution in [2.75, 3.05) is 5.32 Å². The third-order valence-electron chi connectivity index (χ3n) is 4.40. The van der Waals surface area contributed by atoms with E-state index in [1.807, 2.05) is 60.7 Å². The number of rotatable bonds is 9. The summed E-state index contributed by atoms with van der Waals surface area (Å²) in [5.74, 6) is -1.28. The number of carbonyl (C=O) groups is 3. The van der Waals surface area contributed by atoms with Crippen LogP contribution >= 0.6 is 11.3 Å². The molecule has 0 saturated heterocycles. The third kappa shape index (κ3) is 7.60. The molecule has 2 aromatic carbocycles. The van der Waals surface area contributed by atoms with Gasteiger partial charge in [-0.1, -0.05) is 65.8 Å². The van der Waals surface area contributed by atoms with Crippen molar-refractivity contribution >= 4 is 40.5 Å². The summed E-state index contributed by atoms with van der Waals surface area (Å²) < 4.78 is 10.8. The molecular weight excluding hydrogens is 482 g/mol. The summed E-state index contributed by atoms with van der Waals surface area (Å²) in [6, 6.07) is 18.4. The van der Waals surface area contributed by atoms with E-state index < -0.39 is 29.5 Å². The molecule has 1 heterocycles. The number of esters is 1. The Morgan fingerprint density at radius 1 is 1.06 bits per heavy atom. The molecule has 186 valence electrons. The van der Waals surface area contributed by atoms with E-state index in [-0.39, 0.29) is 16.5 Å². The van der Waals surface area contributed by atoms with E-state index in [1.54, 1.807) is 20.8 Å². The van der Waals surface area contributed by atoms with Crippen LogP contribution in [-0.4, -0.2) is 34.6 Å². The molecule has 1 aromatic heterocycles. The van der Waals surface area contributed by atoms with Crippen LogP contribution < -0.4 is 5.32 Å². The molecule has 0 fully saturated rings. The van der Waals surface area contributed by atoms with Gasteiger partial charge in [-0.3, -0.25) is 10.1 Å². The number of nitrogens with zero attached hydrogens (tertiary/aromatic N) is 2. The fourth-order valence-electron chi connectivity index (χ4n) is 2.87. The lowest BCUT2D eigenvalue weighted by atomic mass is 10.0. The molecule has 3 rings (SSSR count). The van der Waals surface area contributed by atoms with Gasteiger partial charge < -0.3 is 14.3 Å². The first-order valence-corrected chi connectivity index (χ1v) is 11.7. The number of carbonyl (C=O) groups excluding carboxylic acids is 3. The molecule has 0 spiro atoms. The maximum absolute atomic E-state index is 12.7. The Labute approximate surface area is 212 Å². The molecule has 0 aliphatic heterocycles. The van der Waals surface area contributed by atoms with Crippen LogP contribution in [0.3, 0.4) is 0 Å². The molecule has 1 N–H and O–H groups in total. The van der Waals surface area contributed by atoms with Crippen LogP contribution in [-0.2, 0) is 23.9 Å². The van der Waals surface area contributed by atoms with Crippen molar-refractivity contribution in [3.8, 4) is 0 Å². The number of hydrogen-bond donors (Lipinski definition) is 1. The average molecular weight is 508 g/mol. The van der Waals surface area contributed by atoms with Gasteiger partial charge in [-0.05, 0) is 38.5 Å². The van der Waals surface area contributed by atoms with Crippen molar-refractivity contribution in [1.82, 2.24) is 4.98 Å². The van der Waals surface area contributed by atoms with Gasteiger partial charge in [0, 0.05) is 5.38 Å². The fourth-order valence-corrected chi connectivity index (χ4v) is 3.56. The number of hydrogen-bond acceptors (Lipinski definition) is 9. The summed E-state index contributed by atoms with van der Waals surface area (Å²) in [6.07, 6.45) is -0.983. The fraction of sp³-hybridized carbons (Fsp3) is 0.192. The minimum atomic E-state index is -0.854. The first-order valence-electron chi connectivity index (χ1n) is 10.8. The van der Waals surface area contributed by atoms with Crippen molar-refractivity contribution in [2.24, 2.45) is 5.16 Å². The zero-order valence-electron chi connectivity index (χ0n) is 20.0. The summed E-state index contributed by atoms with van der Waals surface area (Å²) in [5, 5.41) is 7.85. The summed E-state index contributed by atoms with van der Waals surface area (Å²) in [7, 11) is 0. The lowest BCUT2D eigenvalue weighted by Gasteiger charge is -2.19. The number of aldehydes is 1. The van der Waals surface area contributed by atoms with Gasteiger partial charge in [-0.15, -0.1) is 11.3 Å². The molecule has 1 amide bonds. The van der Waals surface area contributed by atoms with E-state index in [4.69, 9.17) is 14.3 Å². The van der Waals surface area contributed by atoms with Gasteiger partial charge in [0.1, 0.15) is 11.3 Å². The lowest BCUT2D eigenvalue weighted by Crippen LogP contribution is -2.27. The summed E-state index contributed by atoms with van der Waals surface area (Å²) >= 11 is 1.06. The number of aromatic nitrogens is 1. The Balaban J connectivity index is 1.67. The standard InChI is InChI=1S/C26H25N3O6S/c1-17(23(31)33-22(18-11-7-5-8-12-18)19-13-9-6-10-14-19)35-29-20(15-30)21-16-36-24(27-21)28-25(32)34-26(2,3)4/h5-16,22H,1H2,2-4H3,(H,27,28,32)/b29-20+. The van der Waals surface area contributed by atoms with Gasteiger partial charge in [-0.25, -0.2) is 14.6 Å². The van der Waals surface area contributed by atoms with Gasteiger partial charge in [0.15, 0.2) is 23.2 Å². The Morgan fingerprint density at radius 2 is 1.64 bits per heavy atom. The monoisotopic (exact) mass is 507 g/mol. The number of benzene rings is 2. The quantitative estimate of drug-likeness (QED) is 0.105. The van der Waals surface area contributed by atoms with E-state index in [2.05, 4.69) is 22.0 Å². The van der Waals surface area contributed by atoms with Gasteiger partial charge in [0.05, 0.1) is 0 Å². The first kappa shape index (κ1) is 26.3. The zero-order chi connectivity index (χ0) is 26.1. The smallest absolute Gasteiger partial charge is 0.413 e. The summed E-state index contributed by atoms with van der Waals surface area (Å²) in [5.41, 5.74) is 0.764. The lowest BCUT2D eigenvalue weighted by molar-refractivity contribution is -0.147. The van der Waals surface area contributed by atoms with Crippen LogP contribution in [0.1, 0.15) is 43.7 Å². The van der Waals surface area contributed by atoms with E-state index in [0.717, 1.165) is 22.5 Å². The maximum atomic E-state index is 12.7. The molecule has 3 aromatic rings. The first-order chi connectivity index (χ1) is 17.2. The van der Waals surface area contributed by atoms with Crippen molar-refractivity contribution in [1.29, 1.82) is 0 Å². The molecule has 9 nitrogen and oxygen atoms in total. The average Bonchev–Trinajstić information content (AvgIpc) is 3.30. The second-order valence-electron chi connectivity index (χ2n) is 8.38. The summed E-state index contributed by atoms with van der Waals surface area (Å²) in [4.78, 5) is 45.4. The number of nitrogens with one attached hydrogen (secondary N) is 1. The zero-order valence-corrected chi connectivity index (χ0v) is 20.8. The summed E-state index contributed by atoms with van der Waals surface area (Å²) in [6.45, 7) is 8.75. The number of amides is 1. The minimum absolute atomic E-state index is 0.133. The molecule has 0 atom stereocenters. The second-order valence-corrected chi connectivity index (χ2v) is 9.24. The molecule has 0 unspecified atom stereocenters.